The SMILES string of the molecule is COC(=O)C1CCCN(CC(C)NC(=O)OC(C)(C)C)O1. The third-order valence-corrected chi connectivity index (χ3v) is 2.85. The fourth-order valence-corrected chi connectivity index (χ4v) is 2.02. The number of methoxy groups -OCH3 is 1. The molecule has 1 rings (SSSR count). The number of nitrogens with zero attached hydrogens (tertiary/aromatic N) is 1. The van der Waals surface area contributed by atoms with Crippen LogP contribution in [0, 0.1) is 0 Å². The Balaban J connectivity index is 2.38. The van der Waals surface area contributed by atoms with Gasteiger partial charge in [0, 0.05) is 19.1 Å². The van der Waals surface area contributed by atoms with E-state index >= 15 is 0 Å². The maximum atomic E-state index is 11.7. The van der Waals surface area contributed by atoms with Crippen molar-refractivity contribution in [3.8, 4) is 0 Å². The predicted molar refractivity (Wildman–Crippen MR) is 76.5 cm³/mol. The van der Waals surface area contributed by atoms with Gasteiger partial charge in [0.05, 0.1) is 7.11 Å². The first kappa shape index (κ1) is 17.7. The van der Waals surface area contributed by atoms with Gasteiger partial charge >= 0.3 is 12.1 Å². The minimum atomic E-state index is -0.558. The minimum Gasteiger partial charge on any atom is -0.467 e. The largest absolute Gasteiger partial charge is 0.467 e. The lowest BCUT2D eigenvalue weighted by atomic mass is 10.1. The highest BCUT2D eigenvalue weighted by Gasteiger charge is 2.28. The topological polar surface area (TPSA) is 77.1 Å². The van der Waals surface area contributed by atoms with Crippen LogP contribution in [0.25, 0.3) is 0 Å². The molecule has 0 aromatic heterocycles. The second-order valence-corrected chi connectivity index (χ2v) is 6.19. The van der Waals surface area contributed by atoms with Gasteiger partial charge in [0.25, 0.3) is 0 Å². The summed E-state index contributed by atoms with van der Waals surface area (Å²) < 4.78 is 9.87. The molecule has 0 aliphatic carbocycles. The Hall–Kier alpha value is -1.34. The minimum absolute atomic E-state index is 0.156. The first-order valence-electron chi connectivity index (χ1n) is 7.20. The predicted octanol–water partition coefficient (Wildman–Crippen LogP) is 1.47. The summed E-state index contributed by atoms with van der Waals surface area (Å²) in [6, 6.07) is -0.156. The molecule has 1 N–H and O–H groups in total. The summed E-state index contributed by atoms with van der Waals surface area (Å²) in [5, 5.41) is 4.43. The number of ether oxygens (including phenoxy) is 2. The van der Waals surface area contributed by atoms with Gasteiger partial charge in [-0.3, -0.25) is 4.84 Å². The van der Waals surface area contributed by atoms with E-state index in [1.807, 2.05) is 27.7 Å². The zero-order chi connectivity index (χ0) is 16.0. The Morgan fingerprint density at radius 2 is 2.10 bits per heavy atom. The highest BCUT2D eigenvalue weighted by molar-refractivity contribution is 5.74. The number of hydrogen-bond donors (Lipinski definition) is 1. The van der Waals surface area contributed by atoms with Crippen LogP contribution in [0.1, 0.15) is 40.5 Å². The molecule has 7 heteroatoms. The Bertz CT molecular complexity index is 367. The van der Waals surface area contributed by atoms with Gasteiger partial charge in [0.2, 0.25) is 0 Å². The van der Waals surface area contributed by atoms with Gasteiger partial charge in [0.1, 0.15) is 5.60 Å². The van der Waals surface area contributed by atoms with Crippen molar-refractivity contribution < 1.29 is 23.9 Å². The number of carbonyl (C=O) groups is 2. The number of hydroxylamine groups is 2. The molecule has 1 heterocycles. The van der Waals surface area contributed by atoms with Gasteiger partial charge < -0.3 is 14.8 Å². The lowest BCUT2D eigenvalue weighted by Crippen LogP contribution is -2.48. The highest BCUT2D eigenvalue weighted by Crippen LogP contribution is 2.15. The van der Waals surface area contributed by atoms with E-state index in [0.717, 1.165) is 6.42 Å². The molecule has 122 valence electrons. The van der Waals surface area contributed by atoms with Crippen LogP contribution in [0.5, 0.6) is 0 Å². The molecule has 2 unspecified atom stereocenters. The van der Waals surface area contributed by atoms with Crippen molar-refractivity contribution in [1.29, 1.82) is 0 Å². The lowest BCUT2D eigenvalue weighted by Gasteiger charge is -2.32. The molecule has 1 amide bonds. The van der Waals surface area contributed by atoms with E-state index in [4.69, 9.17) is 9.57 Å². The fraction of sp³-hybridized carbons (Fsp3) is 0.857. The number of esters is 1. The van der Waals surface area contributed by atoms with Crippen molar-refractivity contribution in [1.82, 2.24) is 10.4 Å². The molecular weight excluding hydrogens is 276 g/mol. The lowest BCUT2D eigenvalue weighted by molar-refractivity contribution is -0.231. The second-order valence-electron chi connectivity index (χ2n) is 6.19. The van der Waals surface area contributed by atoms with Crippen molar-refractivity contribution in [2.75, 3.05) is 20.2 Å². The monoisotopic (exact) mass is 302 g/mol. The molecule has 0 radical (unpaired) electrons. The van der Waals surface area contributed by atoms with E-state index in [-0.39, 0.29) is 12.0 Å². The molecule has 21 heavy (non-hydrogen) atoms. The van der Waals surface area contributed by atoms with Gasteiger partial charge in [-0.1, -0.05) is 0 Å². The van der Waals surface area contributed by atoms with Crippen molar-refractivity contribution in [2.45, 2.75) is 58.3 Å². The molecule has 2 atom stereocenters. The first-order valence-corrected chi connectivity index (χ1v) is 7.20. The zero-order valence-electron chi connectivity index (χ0n) is 13.5. The summed E-state index contributed by atoms with van der Waals surface area (Å²) in [5.74, 6) is -0.368. The van der Waals surface area contributed by atoms with Crippen molar-refractivity contribution in [3.05, 3.63) is 0 Å². The summed E-state index contributed by atoms with van der Waals surface area (Å²) in [7, 11) is 1.34. The molecular formula is C14H26N2O5. The quantitative estimate of drug-likeness (QED) is 0.792. The Morgan fingerprint density at radius 1 is 1.43 bits per heavy atom. The summed E-state index contributed by atoms with van der Waals surface area (Å²) in [4.78, 5) is 28.7. The Labute approximate surface area is 125 Å². The zero-order valence-corrected chi connectivity index (χ0v) is 13.5. The molecule has 0 saturated carbocycles. The van der Waals surface area contributed by atoms with Gasteiger partial charge in [-0.05, 0) is 40.5 Å². The fourth-order valence-electron chi connectivity index (χ4n) is 2.02. The van der Waals surface area contributed by atoms with Crippen LogP contribution in [0.2, 0.25) is 0 Å². The normalized spacial score (nSPS) is 21.5. The molecule has 7 nitrogen and oxygen atoms in total. The first-order chi connectivity index (χ1) is 9.71. The van der Waals surface area contributed by atoms with Crippen LogP contribution in [-0.4, -0.2) is 55.1 Å². The van der Waals surface area contributed by atoms with Crippen LogP contribution in [-0.2, 0) is 19.1 Å². The number of alkyl carbamates (subject to hydrolysis) is 1. The molecule has 1 fully saturated rings. The van der Waals surface area contributed by atoms with Crippen LogP contribution in [0.4, 0.5) is 4.79 Å². The Morgan fingerprint density at radius 3 is 2.67 bits per heavy atom. The van der Waals surface area contributed by atoms with Crippen molar-refractivity contribution in [3.63, 3.8) is 0 Å². The van der Waals surface area contributed by atoms with E-state index in [2.05, 4.69) is 10.1 Å². The van der Waals surface area contributed by atoms with Crippen molar-refractivity contribution in [2.24, 2.45) is 0 Å². The van der Waals surface area contributed by atoms with Crippen LogP contribution in [0.3, 0.4) is 0 Å². The third kappa shape index (κ3) is 6.77. The molecule has 1 saturated heterocycles. The average molecular weight is 302 g/mol. The van der Waals surface area contributed by atoms with Crippen LogP contribution in [0.15, 0.2) is 0 Å². The number of carbonyl (C=O) groups excluding carboxylic acids is 2. The number of nitrogens with one attached hydrogen (secondary N) is 1. The van der Waals surface area contributed by atoms with Gasteiger partial charge in [0.15, 0.2) is 6.10 Å². The average Bonchev–Trinajstić information content (AvgIpc) is 2.35. The van der Waals surface area contributed by atoms with Crippen molar-refractivity contribution >= 4 is 12.1 Å². The van der Waals surface area contributed by atoms with Crippen LogP contribution < -0.4 is 5.32 Å². The number of hydrogen-bond acceptors (Lipinski definition) is 6. The molecule has 0 aromatic carbocycles. The van der Waals surface area contributed by atoms with E-state index in [0.29, 0.717) is 19.5 Å². The number of amides is 1. The van der Waals surface area contributed by atoms with E-state index in [1.54, 1.807) is 5.06 Å². The third-order valence-electron chi connectivity index (χ3n) is 2.85. The maximum absolute atomic E-state index is 11.7. The standard InChI is InChI=1S/C14H26N2O5/c1-10(15-13(18)20-14(2,3)4)9-16-8-6-7-11(21-16)12(17)19-5/h10-11H,6-9H2,1-5H3,(H,15,18). The maximum Gasteiger partial charge on any atom is 0.407 e. The Kier molecular flexibility index (Phi) is 6.42. The molecule has 0 spiro atoms. The summed E-state index contributed by atoms with van der Waals surface area (Å²) in [5.41, 5.74) is -0.526. The number of rotatable bonds is 4. The highest BCUT2D eigenvalue weighted by atomic mass is 16.7. The van der Waals surface area contributed by atoms with E-state index in [9.17, 15) is 9.59 Å². The summed E-state index contributed by atoms with van der Waals surface area (Å²) in [6.07, 6.45) is 0.477. The van der Waals surface area contributed by atoms with Gasteiger partial charge in [-0.2, -0.15) is 5.06 Å². The van der Waals surface area contributed by atoms with E-state index < -0.39 is 17.8 Å². The molecule has 0 bridgehead atoms. The smallest absolute Gasteiger partial charge is 0.407 e. The summed E-state index contributed by atoms with van der Waals surface area (Å²) >= 11 is 0. The van der Waals surface area contributed by atoms with E-state index in [1.165, 1.54) is 7.11 Å². The van der Waals surface area contributed by atoms with Crippen LogP contribution >= 0.6 is 0 Å². The molecule has 1 aliphatic heterocycles. The van der Waals surface area contributed by atoms with Gasteiger partial charge in [-0.15, -0.1) is 0 Å². The molecule has 0 aromatic rings. The second kappa shape index (κ2) is 7.61. The van der Waals surface area contributed by atoms with Gasteiger partial charge in [-0.25, -0.2) is 9.59 Å². The molecule has 1 aliphatic rings. The summed E-state index contributed by atoms with van der Waals surface area (Å²) in [6.45, 7) is 8.49.